The van der Waals surface area contributed by atoms with Crippen molar-refractivity contribution in [3.8, 4) is 5.88 Å². The van der Waals surface area contributed by atoms with Crippen LogP contribution in [0.2, 0.25) is 0 Å². The van der Waals surface area contributed by atoms with Gasteiger partial charge in [0.15, 0.2) is 0 Å². The van der Waals surface area contributed by atoms with E-state index in [0.717, 1.165) is 10.8 Å². The molecule has 0 radical (unpaired) electrons. The Morgan fingerprint density at radius 3 is 2.83 bits per heavy atom. The van der Waals surface area contributed by atoms with Crippen LogP contribution >= 0.6 is 0 Å². The zero-order valence-electron chi connectivity index (χ0n) is 10.4. The molecule has 1 heterocycles. The third kappa shape index (κ3) is 2.97. The molecule has 2 rings (SSSR count). The van der Waals surface area contributed by atoms with Gasteiger partial charge in [0.05, 0.1) is 18.9 Å². The van der Waals surface area contributed by atoms with Gasteiger partial charge in [-0.2, -0.15) is 0 Å². The Kier molecular flexibility index (Phi) is 4.50. The number of nitrogens with zero attached hydrogens (tertiary/aromatic N) is 1. The molecule has 1 N–H and O–H groups in total. The summed E-state index contributed by atoms with van der Waals surface area (Å²) in [4.78, 5) is 4.29. The van der Waals surface area contributed by atoms with E-state index < -0.39 is 0 Å². The van der Waals surface area contributed by atoms with Gasteiger partial charge >= 0.3 is 0 Å². The van der Waals surface area contributed by atoms with Crippen molar-refractivity contribution in [3.05, 3.63) is 36.0 Å². The molecule has 0 amide bonds. The van der Waals surface area contributed by atoms with Gasteiger partial charge in [0.25, 0.3) is 0 Å². The molecule has 4 nitrogen and oxygen atoms in total. The first-order chi connectivity index (χ1) is 8.85. The highest BCUT2D eigenvalue weighted by atomic mass is 16.5. The van der Waals surface area contributed by atoms with E-state index in [9.17, 15) is 5.11 Å². The van der Waals surface area contributed by atoms with E-state index in [1.165, 1.54) is 0 Å². The second-order valence-electron chi connectivity index (χ2n) is 3.84. The molecule has 1 aromatic carbocycles. The normalized spacial score (nSPS) is 10.8. The van der Waals surface area contributed by atoms with Gasteiger partial charge in [-0.25, -0.2) is 4.98 Å². The molecular formula is C14H17NO3. The maximum Gasteiger partial charge on any atom is 0.221 e. The Morgan fingerprint density at radius 2 is 2.06 bits per heavy atom. The fourth-order valence-electron chi connectivity index (χ4n) is 1.75. The van der Waals surface area contributed by atoms with E-state index in [1.807, 2.05) is 37.3 Å². The fourth-order valence-corrected chi connectivity index (χ4v) is 1.75. The third-order valence-electron chi connectivity index (χ3n) is 2.59. The molecule has 1 aromatic heterocycles. The first kappa shape index (κ1) is 12.8. The summed E-state index contributed by atoms with van der Waals surface area (Å²) in [6.45, 7) is 3.52. The van der Waals surface area contributed by atoms with Crippen LogP contribution in [0, 0.1) is 0 Å². The van der Waals surface area contributed by atoms with Gasteiger partial charge in [-0.3, -0.25) is 0 Å². The van der Waals surface area contributed by atoms with Crippen molar-refractivity contribution >= 4 is 10.8 Å². The number of aliphatic hydroxyl groups is 1. The summed E-state index contributed by atoms with van der Waals surface area (Å²) in [5, 5.41) is 11.2. The molecule has 18 heavy (non-hydrogen) atoms. The van der Waals surface area contributed by atoms with Gasteiger partial charge in [-0.1, -0.05) is 18.2 Å². The molecule has 0 atom stereocenters. The van der Waals surface area contributed by atoms with Crippen LogP contribution in [-0.4, -0.2) is 29.9 Å². The minimum Gasteiger partial charge on any atom is -0.475 e. The summed E-state index contributed by atoms with van der Waals surface area (Å²) in [5.41, 5.74) is 0.611. The average molecular weight is 247 g/mol. The summed E-state index contributed by atoms with van der Waals surface area (Å²) >= 11 is 0. The van der Waals surface area contributed by atoms with Crippen molar-refractivity contribution in [2.75, 3.05) is 19.8 Å². The molecule has 4 heteroatoms. The number of benzene rings is 1. The van der Waals surface area contributed by atoms with E-state index >= 15 is 0 Å². The largest absolute Gasteiger partial charge is 0.475 e. The summed E-state index contributed by atoms with van der Waals surface area (Å²) in [6.07, 6.45) is 0. The van der Waals surface area contributed by atoms with Crippen molar-refractivity contribution in [2.24, 2.45) is 0 Å². The molecule has 0 saturated carbocycles. The Balaban J connectivity index is 2.23. The number of hydrogen-bond acceptors (Lipinski definition) is 4. The smallest absolute Gasteiger partial charge is 0.221 e. The second-order valence-corrected chi connectivity index (χ2v) is 3.84. The van der Waals surface area contributed by atoms with Crippen LogP contribution in [0.4, 0.5) is 0 Å². The molecular weight excluding hydrogens is 230 g/mol. The standard InChI is InChI=1S/C14H17NO3/c1-2-17-7-8-18-14-13-6-4-3-5-11(13)9-12(10-16)15-14/h3-6,9,16H,2,7-8,10H2,1H3. The van der Waals surface area contributed by atoms with Crippen molar-refractivity contribution in [3.63, 3.8) is 0 Å². The van der Waals surface area contributed by atoms with Crippen molar-refractivity contribution in [1.82, 2.24) is 4.98 Å². The van der Waals surface area contributed by atoms with E-state index in [0.29, 0.717) is 31.4 Å². The number of rotatable bonds is 6. The minimum absolute atomic E-state index is 0.0906. The molecule has 0 aliphatic heterocycles. The molecule has 0 unspecified atom stereocenters. The van der Waals surface area contributed by atoms with Crippen LogP contribution in [-0.2, 0) is 11.3 Å². The molecule has 96 valence electrons. The van der Waals surface area contributed by atoms with Crippen LogP contribution in [0.15, 0.2) is 30.3 Å². The molecule has 0 bridgehead atoms. The quantitative estimate of drug-likeness (QED) is 0.795. The van der Waals surface area contributed by atoms with Crippen LogP contribution in [0.1, 0.15) is 12.6 Å². The molecule has 0 spiro atoms. The number of aliphatic hydroxyl groups excluding tert-OH is 1. The van der Waals surface area contributed by atoms with Gasteiger partial charge in [0.2, 0.25) is 5.88 Å². The lowest BCUT2D eigenvalue weighted by Gasteiger charge is -2.10. The highest BCUT2D eigenvalue weighted by Crippen LogP contribution is 2.24. The van der Waals surface area contributed by atoms with Gasteiger partial charge in [-0.05, 0) is 24.4 Å². The highest BCUT2D eigenvalue weighted by Gasteiger charge is 2.06. The molecule has 2 aromatic rings. The number of aromatic nitrogens is 1. The van der Waals surface area contributed by atoms with Gasteiger partial charge < -0.3 is 14.6 Å². The lowest BCUT2D eigenvalue weighted by atomic mass is 10.1. The molecule has 0 fully saturated rings. The van der Waals surface area contributed by atoms with E-state index in [1.54, 1.807) is 0 Å². The maximum absolute atomic E-state index is 9.19. The topological polar surface area (TPSA) is 51.6 Å². The molecule has 0 aliphatic rings. The Morgan fingerprint density at radius 1 is 1.22 bits per heavy atom. The Hall–Kier alpha value is -1.65. The minimum atomic E-state index is -0.0906. The zero-order chi connectivity index (χ0) is 12.8. The average Bonchev–Trinajstić information content (AvgIpc) is 2.43. The summed E-state index contributed by atoms with van der Waals surface area (Å²) in [6, 6.07) is 9.70. The van der Waals surface area contributed by atoms with Gasteiger partial charge in [-0.15, -0.1) is 0 Å². The van der Waals surface area contributed by atoms with Crippen LogP contribution in [0.3, 0.4) is 0 Å². The summed E-state index contributed by atoms with van der Waals surface area (Å²) in [7, 11) is 0. The van der Waals surface area contributed by atoms with E-state index in [4.69, 9.17) is 9.47 Å². The molecule has 0 saturated heterocycles. The van der Waals surface area contributed by atoms with Crippen molar-refractivity contribution in [1.29, 1.82) is 0 Å². The maximum atomic E-state index is 9.19. The first-order valence-electron chi connectivity index (χ1n) is 6.05. The monoisotopic (exact) mass is 247 g/mol. The Labute approximate surface area is 106 Å². The number of pyridine rings is 1. The molecule has 0 aliphatic carbocycles. The van der Waals surface area contributed by atoms with E-state index in [-0.39, 0.29) is 6.61 Å². The first-order valence-corrected chi connectivity index (χ1v) is 6.05. The van der Waals surface area contributed by atoms with E-state index in [2.05, 4.69) is 4.98 Å². The van der Waals surface area contributed by atoms with Gasteiger partial charge in [0.1, 0.15) is 6.61 Å². The summed E-state index contributed by atoms with van der Waals surface area (Å²) in [5.74, 6) is 0.553. The third-order valence-corrected chi connectivity index (χ3v) is 2.59. The fraction of sp³-hybridized carbons (Fsp3) is 0.357. The lowest BCUT2D eigenvalue weighted by Crippen LogP contribution is -2.08. The number of ether oxygens (including phenoxy) is 2. The predicted molar refractivity (Wildman–Crippen MR) is 69.7 cm³/mol. The van der Waals surface area contributed by atoms with Crippen LogP contribution in [0.25, 0.3) is 10.8 Å². The number of hydrogen-bond donors (Lipinski definition) is 1. The SMILES string of the molecule is CCOCCOc1nc(CO)cc2ccccc12. The van der Waals surface area contributed by atoms with Gasteiger partial charge in [0, 0.05) is 12.0 Å². The highest BCUT2D eigenvalue weighted by molar-refractivity contribution is 5.87. The van der Waals surface area contributed by atoms with Crippen molar-refractivity contribution < 1.29 is 14.6 Å². The predicted octanol–water partition coefficient (Wildman–Crippen LogP) is 2.14. The summed E-state index contributed by atoms with van der Waals surface area (Å²) < 4.78 is 10.8. The van der Waals surface area contributed by atoms with Crippen LogP contribution in [0.5, 0.6) is 5.88 Å². The second kappa shape index (κ2) is 6.33. The Bertz CT molecular complexity index is 513. The van der Waals surface area contributed by atoms with Crippen LogP contribution < -0.4 is 4.74 Å². The van der Waals surface area contributed by atoms with Crippen molar-refractivity contribution in [2.45, 2.75) is 13.5 Å². The number of fused-ring (bicyclic) bond motifs is 1. The lowest BCUT2D eigenvalue weighted by molar-refractivity contribution is 0.109. The zero-order valence-corrected chi connectivity index (χ0v) is 10.4.